The zero-order valence-electron chi connectivity index (χ0n) is 10.3. The minimum absolute atomic E-state index is 0.400. The van der Waals surface area contributed by atoms with E-state index in [0.717, 1.165) is 0 Å². The topological polar surface area (TPSA) is 90.2 Å². The van der Waals surface area contributed by atoms with Crippen molar-refractivity contribution >= 4 is 0 Å². The van der Waals surface area contributed by atoms with E-state index in [4.69, 9.17) is 9.84 Å². The van der Waals surface area contributed by atoms with Gasteiger partial charge in [0, 0.05) is 0 Å². The average Bonchev–Trinajstić information content (AvgIpc) is 2.22. The molecule has 16 heavy (non-hydrogen) atoms. The summed E-state index contributed by atoms with van der Waals surface area (Å²) in [6.07, 6.45) is -1.76. The maximum atomic E-state index is 10.4. The van der Waals surface area contributed by atoms with Crippen molar-refractivity contribution in [3.63, 3.8) is 0 Å². The van der Waals surface area contributed by atoms with Crippen LogP contribution >= 0.6 is 0 Å². The first-order valence-corrected chi connectivity index (χ1v) is 5.55. The second-order valence-corrected chi connectivity index (χ2v) is 5.09. The molecule has 1 saturated heterocycles. The van der Waals surface area contributed by atoms with Crippen molar-refractivity contribution in [2.24, 2.45) is 0 Å². The van der Waals surface area contributed by atoms with Gasteiger partial charge >= 0.3 is 0 Å². The van der Waals surface area contributed by atoms with Crippen LogP contribution in [0.3, 0.4) is 0 Å². The number of ether oxygens (including phenoxy) is 1. The predicted octanol–water partition coefficient (Wildman–Crippen LogP) is -0.591. The highest BCUT2D eigenvalue weighted by Crippen LogP contribution is 2.45. The molecule has 0 radical (unpaired) electrons. The Kier molecular flexibility index (Phi) is 3.40. The Balaban J connectivity index is 3.19. The lowest BCUT2D eigenvalue weighted by Crippen LogP contribution is -2.76. The number of aliphatic hydroxyl groups excluding tert-OH is 2. The van der Waals surface area contributed by atoms with Crippen LogP contribution in [0.15, 0.2) is 0 Å². The lowest BCUT2D eigenvalue weighted by atomic mass is 9.66. The summed E-state index contributed by atoms with van der Waals surface area (Å²) in [5.74, 6) is 0. The van der Waals surface area contributed by atoms with Crippen LogP contribution in [0.4, 0.5) is 0 Å². The molecule has 0 aromatic heterocycles. The van der Waals surface area contributed by atoms with Crippen LogP contribution < -0.4 is 0 Å². The number of rotatable bonds is 2. The summed E-state index contributed by atoms with van der Waals surface area (Å²) >= 11 is 0. The quantitative estimate of drug-likeness (QED) is 0.513. The minimum atomic E-state index is -1.73. The Bertz CT molecular complexity index is 256. The van der Waals surface area contributed by atoms with Crippen LogP contribution in [0.25, 0.3) is 0 Å². The monoisotopic (exact) mass is 234 g/mol. The van der Waals surface area contributed by atoms with Crippen LogP contribution in [0.1, 0.15) is 34.1 Å². The summed E-state index contributed by atoms with van der Waals surface area (Å²) in [6.45, 7) is 5.87. The van der Waals surface area contributed by atoms with Gasteiger partial charge in [-0.3, -0.25) is 0 Å². The van der Waals surface area contributed by atoms with Crippen LogP contribution in [0.2, 0.25) is 0 Å². The number of hydrogen-bond donors (Lipinski definition) is 4. The first-order valence-electron chi connectivity index (χ1n) is 5.55. The molecule has 1 aliphatic heterocycles. The minimum Gasteiger partial charge on any atom is -0.394 e. The van der Waals surface area contributed by atoms with Gasteiger partial charge in [0.25, 0.3) is 0 Å². The Morgan fingerprint density at radius 3 is 2.06 bits per heavy atom. The first-order chi connectivity index (χ1) is 7.14. The standard InChI is InChI=1S/C11H22O5/c1-5-9(2)11(4,15)10(3,14)8(13)7(6-12)16-9/h7-8,12-15H,5-6H2,1-4H3/t7?,8-,9?,10?,11?/m1/s1. The van der Waals surface area contributed by atoms with Gasteiger partial charge in [0.15, 0.2) is 0 Å². The summed E-state index contributed by atoms with van der Waals surface area (Å²) in [7, 11) is 0. The maximum absolute atomic E-state index is 10.4. The molecule has 1 aliphatic rings. The zero-order chi connectivity index (χ0) is 12.8. The van der Waals surface area contributed by atoms with Crippen LogP contribution in [-0.2, 0) is 4.74 Å². The van der Waals surface area contributed by atoms with E-state index >= 15 is 0 Å². The van der Waals surface area contributed by atoms with Gasteiger partial charge in [-0.15, -0.1) is 0 Å². The summed E-state index contributed by atoms with van der Waals surface area (Å²) in [6, 6.07) is 0. The summed E-state index contributed by atoms with van der Waals surface area (Å²) < 4.78 is 5.53. The normalized spacial score (nSPS) is 54.0. The molecule has 4 N–H and O–H groups in total. The molecule has 1 fully saturated rings. The van der Waals surface area contributed by atoms with Crippen molar-refractivity contribution in [1.82, 2.24) is 0 Å². The molecule has 0 spiro atoms. The molecule has 5 heteroatoms. The number of aliphatic hydroxyl groups is 4. The molecule has 0 aliphatic carbocycles. The molecule has 96 valence electrons. The smallest absolute Gasteiger partial charge is 0.121 e. The highest BCUT2D eigenvalue weighted by atomic mass is 16.6. The third-order valence-electron chi connectivity index (χ3n) is 4.21. The van der Waals surface area contributed by atoms with Crippen molar-refractivity contribution in [1.29, 1.82) is 0 Å². The van der Waals surface area contributed by atoms with E-state index in [1.807, 2.05) is 6.92 Å². The van der Waals surface area contributed by atoms with Crippen LogP contribution in [-0.4, -0.2) is 56.0 Å². The lowest BCUT2D eigenvalue weighted by Gasteiger charge is -2.58. The Morgan fingerprint density at radius 2 is 1.69 bits per heavy atom. The van der Waals surface area contributed by atoms with E-state index in [9.17, 15) is 15.3 Å². The molecule has 0 amide bonds. The summed E-state index contributed by atoms with van der Waals surface area (Å²) in [4.78, 5) is 0. The van der Waals surface area contributed by atoms with Gasteiger partial charge in [0.05, 0.1) is 12.2 Å². The summed E-state index contributed by atoms with van der Waals surface area (Å²) in [5, 5.41) is 39.6. The molecule has 5 nitrogen and oxygen atoms in total. The lowest BCUT2D eigenvalue weighted by molar-refractivity contribution is -0.342. The molecule has 0 saturated carbocycles. The van der Waals surface area contributed by atoms with Gasteiger partial charge in [-0.25, -0.2) is 0 Å². The molecule has 1 heterocycles. The molecular weight excluding hydrogens is 212 g/mol. The van der Waals surface area contributed by atoms with E-state index in [1.165, 1.54) is 13.8 Å². The van der Waals surface area contributed by atoms with Gasteiger partial charge in [-0.1, -0.05) is 6.92 Å². The average molecular weight is 234 g/mol. The van der Waals surface area contributed by atoms with Gasteiger partial charge in [-0.05, 0) is 27.2 Å². The van der Waals surface area contributed by atoms with E-state index in [-0.39, 0.29) is 0 Å². The molecule has 0 bridgehead atoms. The third-order valence-corrected chi connectivity index (χ3v) is 4.21. The van der Waals surface area contributed by atoms with E-state index < -0.39 is 35.6 Å². The van der Waals surface area contributed by atoms with Gasteiger partial charge < -0.3 is 25.2 Å². The summed E-state index contributed by atoms with van der Waals surface area (Å²) in [5.41, 5.74) is -4.34. The van der Waals surface area contributed by atoms with Gasteiger partial charge in [0.2, 0.25) is 0 Å². The van der Waals surface area contributed by atoms with Gasteiger partial charge in [-0.2, -0.15) is 0 Å². The Morgan fingerprint density at radius 1 is 1.19 bits per heavy atom. The largest absolute Gasteiger partial charge is 0.394 e. The van der Waals surface area contributed by atoms with Crippen molar-refractivity contribution in [2.75, 3.05) is 6.61 Å². The molecular formula is C11H22O5. The van der Waals surface area contributed by atoms with Crippen LogP contribution in [0, 0.1) is 0 Å². The molecule has 4 unspecified atom stereocenters. The van der Waals surface area contributed by atoms with E-state index in [1.54, 1.807) is 6.92 Å². The van der Waals surface area contributed by atoms with Crippen LogP contribution in [0.5, 0.6) is 0 Å². The second kappa shape index (κ2) is 3.92. The Hall–Kier alpha value is -0.200. The molecule has 0 aromatic carbocycles. The maximum Gasteiger partial charge on any atom is 0.121 e. The molecule has 0 aromatic rings. The highest BCUT2D eigenvalue weighted by Gasteiger charge is 2.64. The van der Waals surface area contributed by atoms with Crippen molar-refractivity contribution < 1.29 is 25.2 Å². The molecule has 1 rings (SSSR count). The SMILES string of the molecule is CCC1(C)OC(CO)[C@@H](O)C(C)(O)C1(C)O. The highest BCUT2D eigenvalue weighted by molar-refractivity contribution is 5.14. The van der Waals surface area contributed by atoms with E-state index in [2.05, 4.69) is 0 Å². The van der Waals surface area contributed by atoms with E-state index in [0.29, 0.717) is 6.42 Å². The first kappa shape index (κ1) is 13.9. The van der Waals surface area contributed by atoms with Crippen molar-refractivity contribution in [2.45, 2.75) is 63.1 Å². The fraction of sp³-hybridized carbons (Fsp3) is 1.00. The van der Waals surface area contributed by atoms with Crippen molar-refractivity contribution in [3.05, 3.63) is 0 Å². The van der Waals surface area contributed by atoms with Crippen molar-refractivity contribution in [3.8, 4) is 0 Å². The predicted molar refractivity (Wildman–Crippen MR) is 57.9 cm³/mol. The second-order valence-electron chi connectivity index (χ2n) is 5.09. The Labute approximate surface area is 95.7 Å². The fourth-order valence-corrected chi connectivity index (χ4v) is 2.26. The third kappa shape index (κ3) is 1.58. The molecule has 5 atom stereocenters. The number of hydrogen-bond acceptors (Lipinski definition) is 5. The fourth-order valence-electron chi connectivity index (χ4n) is 2.26. The van der Waals surface area contributed by atoms with Gasteiger partial charge in [0.1, 0.15) is 23.4 Å². The zero-order valence-corrected chi connectivity index (χ0v) is 10.3.